The first-order valence-electron chi connectivity index (χ1n) is 5.01. The maximum atomic E-state index is 5.22. The highest BCUT2D eigenvalue weighted by molar-refractivity contribution is 7.07. The summed E-state index contributed by atoms with van der Waals surface area (Å²) in [7, 11) is 1.79. The van der Waals surface area contributed by atoms with Gasteiger partial charge in [-0.25, -0.2) is 4.98 Å². The standard InChI is InChI=1S/C10H16N2OS/c1-13-10-4-9(5-10)11-3-2-8-6-14-7-12-8/h6-7,9-11H,2-5H2,1H3. The monoisotopic (exact) mass is 212 g/mol. The molecule has 2 rings (SSSR count). The molecule has 1 aliphatic rings. The van der Waals surface area contributed by atoms with Crippen LogP contribution >= 0.6 is 11.3 Å². The van der Waals surface area contributed by atoms with Gasteiger partial charge in [-0.2, -0.15) is 0 Å². The number of rotatable bonds is 5. The summed E-state index contributed by atoms with van der Waals surface area (Å²) in [6, 6.07) is 0.665. The molecule has 1 heterocycles. The van der Waals surface area contributed by atoms with Crippen LogP contribution in [0.4, 0.5) is 0 Å². The summed E-state index contributed by atoms with van der Waals surface area (Å²) in [5.41, 5.74) is 3.09. The first-order valence-corrected chi connectivity index (χ1v) is 5.96. The van der Waals surface area contributed by atoms with Crippen molar-refractivity contribution in [2.75, 3.05) is 13.7 Å². The van der Waals surface area contributed by atoms with Crippen LogP contribution in [-0.4, -0.2) is 30.8 Å². The van der Waals surface area contributed by atoms with E-state index in [1.807, 2.05) is 5.51 Å². The summed E-state index contributed by atoms with van der Waals surface area (Å²) in [6.45, 7) is 1.03. The molecule has 3 nitrogen and oxygen atoms in total. The third-order valence-corrected chi connectivity index (χ3v) is 3.36. The van der Waals surface area contributed by atoms with Crippen LogP contribution in [0.25, 0.3) is 0 Å². The fourth-order valence-corrected chi connectivity index (χ4v) is 2.28. The average Bonchev–Trinajstić information content (AvgIpc) is 2.61. The van der Waals surface area contributed by atoms with Crippen LogP contribution in [0, 0.1) is 0 Å². The van der Waals surface area contributed by atoms with Gasteiger partial charge >= 0.3 is 0 Å². The maximum Gasteiger partial charge on any atom is 0.0794 e. The third-order valence-electron chi connectivity index (χ3n) is 2.73. The lowest BCUT2D eigenvalue weighted by Crippen LogP contribution is -2.45. The molecule has 14 heavy (non-hydrogen) atoms. The van der Waals surface area contributed by atoms with Crippen molar-refractivity contribution < 1.29 is 4.74 Å². The minimum Gasteiger partial charge on any atom is -0.381 e. The van der Waals surface area contributed by atoms with E-state index in [1.54, 1.807) is 18.4 Å². The van der Waals surface area contributed by atoms with Crippen molar-refractivity contribution in [1.29, 1.82) is 0 Å². The molecule has 0 atom stereocenters. The van der Waals surface area contributed by atoms with Gasteiger partial charge in [-0.1, -0.05) is 0 Å². The Kier molecular flexibility index (Phi) is 3.50. The van der Waals surface area contributed by atoms with Gasteiger partial charge in [0, 0.05) is 31.5 Å². The van der Waals surface area contributed by atoms with Crippen molar-refractivity contribution in [2.45, 2.75) is 31.4 Å². The Morgan fingerprint density at radius 1 is 1.64 bits per heavy atom. The van der Waals surface area contributed by atoms with Crippen molar-refractivity contribution in [3.05, 3.63) is 16.6 Å². The average molecular weight is 212 g/mol. The largest absolute Gasteiger partial charge is 0.381 e. The molecular weight excluding hydrogens is 196 g/mol. The molecular formula is C10H16N2OS. The fourth-order valence-electron chi connectivity index (χ4n) is 1.69. The molecule has 0 unspecified atom stereocenters. The summed E-state index contributed by atoms with van der Waals surface area (Å²) in [6.07, 6.45) is 3.85. The molecule has 1 aromatic rings. The van der Waals surface area contributed by atoms with E-state index in [9.17, 15) is 0 Å². The topological polar surface area (TPSA) is 34.1 Å². The van der Waals surface area contributed by atoms with Crippen LogP contribution in [0.2, 0.25) is 0 Å². The second kappa shape index (κ2) is 4.87. The lowest BCUT2D eigenvalue weighted by atomic mass is 9.89. The molecule has 0 aliphatic heterocycles. The zero-order chi connectivity index (χ0) is 9.80. The number of nitrogens with zero attached hydrogens (tertiary/aromatic N) is 1. The number of aromatic nitrogens is 1. The van der Waals surface area contributed by atoms with Gasteiger partial charge in [-0.05, 0) is 12.8 Å². The van der Waals surface area contributed by atoms with Crippen molar-refractivity contribution >= 4 is 11.3 Å². The van der Waals surface area contributed by atoms with E-state index in [4.69, 9.17) is 4.74 Å². The molecule has 0 radical (unpaired) electrons. The molecule has 1 aliphatic carbocycles. The molecule has 0 spiro atoms. The Bertz CT molecular complexity index is 257. The molecule has 4 heteroatoms. The second-order valence-corrected chi connectivity index (χ2v) is 4.43. The second-order valence-electron chi connectivity index (χ2n) is 3.71. The van der Waals surface area contributed by atoms with Gasteiger partial charge in [0.25, 0.3) is 0 Å². The van der Waals surface area contributed by atoms with Gasteiger partial charge in [-0.3, -0.25) is 0 Å². The first-order chi connectivity index (χ1) is 6.88. The smallest absolute Gasteiger partial charge is 0.0794 e. The maximum absolute atomic E-state index is 5.22. The van der Waals surface area contributed by atoms with Crippen LogP contribution in [-0.2, 0) is 11.2 Å². The van der Waals surface area contributed by atoms with Crippen LogP contribution in [0.15, 0.2) is 10.9 Å². The number of thiazole rings is 1. The lowest BCUT2D eigenvalue weighted by molar-refractivity contribution is 0.0177. The van der Waals surface area contributed by atoms with E-state index in [2.05, 4.69) is 15.7 Å². The Morgan fingerprint density at radius 2 is 2.50 bits per heavy atom. The number of hydrogen-bond acceptors (Lipinski definition) is 4. The summed E-state index contributed by atoms with van der Waals surface area (Å²) >= 11 is 1.66. The number of nitrogens with one attached hydrogen (secondary N) is 1. The molecule has 0 saturated heterocycles. The summed E-state index contributed by atoms with van der Waals surface area (Å²) in [4.78, 5) is 4.24. The Labute approximate surface area is 88.5 Å². The van der Waals surface area contributed by atoms with Crippen LogP contribution in [0.3, 0.4) is 0 Å². The van der Waals surface area contributed by atoms with Gasteiger partial charge in [0.1, 0.15) is 0 Å². The van der Waals surface area contributed by atoms with Crippen LogP contribution in [0.1, 0.15) is 18.5 Å². The molecule has 78 valence electrons. The van der Waals surface area contributed by atoms with Crippen molar-refractivity contribution in [3.8, 4) is 0 Å². The molecule has 0 aromatic carbocycles. The first kappa shape index (κ1) is 10.1. The Balaban J connectivity index is 1.56. The summed E-state index contributed by atoms with van der Waals surface area (Å²) in [5.74, 6) is 0. The summed E-state index contributed by atoms with van der Waals surface area (Å²) < 4.78 is 5.22. The van der Waals surface area contributed by atoms with Crippen molar-refractivity contribution in [3.63, 3.8) is 0 Å². The van der Waals surface area contributed by atoms with Crippen molar-refractivity contribution in [2.24, 2.45) is 0 Å². The highest BCUT2D eigenvalue weighted by atomic mass is 32.1. The quantitative estimate of drug-likeness (QED) is 0.802. The normalized spacial score (nSPS) is 26.1. The molecule has 1 aromatic heterocycles. The van der Waals surface area contributed by atoms with Gasteiger partial charge in [0.05, 0.1) is 17.3 Å². The summed E-state index contributed by atoms with van der Waals surface area (Å²) in [5, 5.41) is 5.62. The minimum atomic E-state index is 0.492. The molecule has 1 saturated carbocycles. The van der Waals surface area contributed by atoms with E-state index in [-0.39, 0.29) is 0 Å². The van der Waals surface area contributed by atoms with E-state index in [1.165, 1.54) is 5.69 Å². The number of hydrogen-bond donors (Lipinski definition) is 1. The molecule has 1 N–H and O–H groups in total. The van der Waals surface area contributed by atoms with Crippen LogP contribution in [0.5, 0.6) is 0 Å². The SMILES string of the molecule is COC1CC(NCCc2cscn2)C1. The third kappa shape index (κ3) is 2.53. The van der Waals surface area contributed by atoms with Gasteiger partial charge < -0.3 is 10.1 Å². The lowest BCUT2D eigenvalue weighted by Gasteiger charge is -2.34. The number of ether oxygens (including phenoxy) is 1. The van der Waals surface area contributed by atoms with Gasteiger partial charge in [0.15, 0.2) is 0 Å². The predicted octanol–water partition coefficient (Wildman–Crippen LogP) is 1.45. The molecule has 0 bridgehead atoms. The van der Waals surface area contributed by atoms with E-state index in [0.717, 1.165) is 25.8 Å². The molecule has 1 fully saturated rings. The zero-order valence-corrected chi connectivity index (χ0v) is 9.22. The Hall–Kier alpha value is -0.450. The van der Waals surface area contributed by atoms with Gasteiger partial charge in [-0.15, -0.1) is 11.3 Å². The highest BCUT2D eigenvalue weighted by Crippen LogP contribution is 2.22. The van der Waals surface area contributed by atoms with E-state index >= 15 is 0 Å². The molecule has 0 amide bonds. The fraction of sp³-hybridized carbons (Fsp3) is 0.700. The Morgan fingerprint density at radius 3 is 3.14 bits per heavy atom. The highest BCUT2D eigenvalue weighted by Gasteiger charge is 2.27. The van der Waals surface area contributed by atoms with Gasteiger partial charge in [0.2, 0.25) is 0 Å². The zero-order valence-electron chi connectivity index (χ0n) is 8.40. The minimum absolute atomic E-state index is 0.492. The van der Waals surface area contributed by atoms with Crippen molar-refractivity contribution in [1.82, 2.24) is 10.3 Å². The number of methoxy groups -OCH3 is 1. The van der Waals surface area contributed by atoms with Crippen LogP contribution < -0.4 is 5.32 Å². The van der Waals surface area contributed by atoms with E-state index in [0.29, 0.717) is 12.1 Å². The van der Waals surface area contributed by atoms with E-state index < -0.39 is 0 Å². The predicted molar refractivity (Wildman–Crippen MR) is 57.6 cm³/mol.